The summed E-state index contributed by atoms with van der Waals surface area (Å²) in [5.41, 5.74) is 1.85. The molecule has 5 nitrogen and oxygen atoms in total. The third-order valence-corrected chi connectivity index (χ3v) is 7.29. The predicted molar refractivity (Wildman–Crippen MR) is 123 cm³/mol. The Morgan fingerprint density at radius 2 is 2.03 bits per heavy atom. The minimum absolute atomic E-state index is 0.0777. The highest BCUT2D eigenvalue weighted by Crippen LogP contribution is 2.36. The number of nitrogens with one attached hydrogen (secondary N) is 1. The van der Waals surface area contributed by atoms with E-state index in [4.69, 9.17) is 23.8 Å². The van der Waals surface area contributed by atoms with Crippen molar-refractivity contribution in [3.8, 4) is 0 Å². The van der Waals surface area contributed by atoms with Gasteiger partial charge in [-0.25, -0.2) is 0 Å². The number of pyridine rings is 1. The molecule has 1 N–H and O–H groups in total. The lowest BCUT2D eigenvalue weighted by Gasteiger charge is -2.43. The molecule has 1 saturated heterocycles. The molecule has 8 heteroatoms. The number of fused-ring (bicyclic) bond motifs is 4. The Morgan fingerprint density at radius 3 is 2.83 bits per heavy atom. The van der Waals surface area contributed by atoms with Gasteiger partial charge >= 0.3 is 0 Å². The molecule has 152 valence electrons. The molecule has 1 fully saturated rings. The van der Waals surface area contributed by atoms with Crippen LogP contribution in [0.5, 0.6) is 0 Å². The Hall–Kier alpha value is -1.83. The van der Waals surface area contributed by atoms with Crippen LogP contribution < -0.4 is 10.9 Å². The van der Waals surface area contributed by atoms with Gasteiger partial charge in [-0.1, -0.05) is 47.7 Å². The average molecular weight is 448 g/mol. The van der Waals surface area contributed by atoms with Gasteiger partial charge in [0.15, 0.2) is 0 Å². The van der Waals surface area contributed by atoms with Crippen LogP contribution in [0.3, 0.4) is 0 Å². The number of nitrogens with zero attached hydrogens (tertiary/aromatic N) is 2. The first-order valence-corrected chi connectivity index (χ1v) is 11.3. The van der Waals surface area contributed by atoms with Crippen LogP contribution in [0.2, 0.25) is 5.02 Å². The molecule has 2 aromatic rings. The van der Waals surface area contributed by atoms with E-state index in [9.17, 15) is 9.59 Å². The number of aromatic nitrogens is 1. The number of piperidine rings is 1. The van der Waals surface area contributed by atoms with Gasteiger partial charge in [0.05, 0.1) is 5.25 Å². The van der Waals surface area contributed by atoms with Crippen LogP contribution in [-0.2, 0) is 11.3 Å². The smallest absolute Gasteiger partial charge is 0.250 e. The number of halogens is 1. The standard InChI is InChI=1S/C21H22ClN3O2S2/c1-13(20(27)23-17-5-2-4-16(22)9-17)29-21(28)24-10-14-8-15(12-24)18-6-3-7-19(26)25(18)11-14/h2-7,9,13-15H,8,10-12H2,1H3,(H,23,27)/t13-,14-,15+/m1/s1. The Morgan fingerprint density at radius 1 is 1.24 bits per heavy atom. The molecular weight excluding hydrogens is 426 g/mol. The molecule has 2 aliphatic rings. The minimum Gasteiger partial charge on any atom is -0.356 e. The van der Waals surface area contributed by atoms with E-state index in [1.807, 2.05) is 29.7 Å². The summed E-state index contributed by atoms with van der Waals surface area (Å²) >= 11 is 13.1. The second kappa shape index (κ2) is 8.50. The maximum atomic E-state index is 12.5. The first-order valence-electron chi connectivity index (χ1n) is 9.62. The molecule has 4 rings (SSSR count). The van der Waals surface area contributed by atoms with Crippen LogP contribution in [0, 0.1) is 5.92 Å². The Balaban J connectivity index is 1.39. The molecule has 0 radical (unpaired) electrons. The molecule has 2 aliphatic heterocycles. The SMILES string of the molecule is C[C@@H](SC(=S)N1C[C@H]2C[C@@H](C1)c1cccc(=O)n1C2)C(=O)Nc1cccc(Cl)c1. The van der Waals surface area contributed by atoms with Crippen molar-refractivity contribution in [2.75, 3.05) is 18.4 Å². The summed E-state index contributed by atoms with van der Waals surface area (Å²) in [6.45, 7) is 4.21. The van der Waals surface area contributed by atoms with E-state index in [1.54, 1.807) is 24.3 Å². The zero-order valence-electron chi connectivity index (χ0n) is 16.0. The van der Waals surface area contributed by atoms with Gasteiger partial charge in [-0.2, -0.15) is 0 Å². The fourth-order valence-corrected chi connectivity index (χ4v) is 5.67. The first-order chi connectivity index (χ1) is 13.9. The summed E-state index contributed by atoms with van der Waals surface area (Å²) in [4.78, 5) is 26.9. The van der Waals surface area contributed by atoms with Crippen molar-refractivity contribution in [2.45, 2.75) is 31.1 Å². The fourth-order valence-electron chi connectivity index (χ4n) is 4.13. The van der Waals surface area contributed by atoms with Crippen LogP contribution in [-0.4, -0.2) is 38.0 Å². The molecule has 1 aromatic carbocycles. The van der Waals surface area contributed by atoms with Gasteiger partial charge < -0.3 is 14.8 Å². The maximum absolute atomic E-state index is 12.5. The number of anilines is 1. The Kier molecular flexibility index (Phi) is 5.99. The van der Waals surface area contributed by atoms with Crippen molar-refractivity contribution in [1.82, 2.24) is 9.47 Å². The van der Waals surface area contributed by atoms with E-state index < -0.39 is 0 Å². The van der Waals surface area contributed by atoms with Gasteiger partial charge in [-0.15, -0.1) is 0 Å². The molecule has 0 spiro atoms. The highest BCUT2D eigenvalue weighted by molar-refractivity contribution is 8.23. The molecule has 1 amide bonds. The van der Waals surface area contributed by atoms with Crippen molar-refractivity contribution in [1.29, 1.82) is 0 Å². The normalized spacial score (nSPS) is 21.2. The monoisotopic (exact) mass is 447 g/mol. The van der Waals surface area contributed by atoms with Gasteiger partial charge in [0, 0.05) is 48.0 Å². The summed E-state index contributed by atoms with van der Waals surface area (Å²) in [5.74, 6) is 0.592. The third-order valence-electron chi connectivity index (χ3n) is 5.48. The Labute approximate surface area is 184 Å². The number of carbonyl (C=O) groups excluding carboxylic acids is 1. The van der Waals surface area contributed by atoms with E-state index in [-0.39, 0.29) is 16.7 Å². The zero-order valence-corrected chi connectivity index (χ0v) is 18.4. The predicted octanol–water partition coefficient (Wildman–Crippen LogP) is 3.97. The van der Waals surface area contributed by atoms with E-state index in [0.717, 1.165) is 36.1 Å². The van der Waals surface area contributed by atoms with Gasteiger partial charge in [-0.3, -0.25) is 9.59 Å². The van der Waals surface area contributed by atoms with Gasteiger partial charge in [0.25, 0.3) is 5.56 Å². The third kappa shape index (κ3) is 4.52. The quantitative estimate of drug-likeness (QED) is 0.721. The van der Waals surface area contributed by atoms with Crippen LogP contribution in [0.15, 0.2) is 47.3 Å². The topological polar surface area (TPSA) is 54.3 Å². The van der Waals surface area contributed by atoms with E-state index >= 15 is 0 Å². The number of thiocarbonyl (C=S) groups is 1. The van der Waals surface area contributed by atoms with E-state index in [2.05, 4.69) is 10.2 Å². The molecule has 1 aromatic heterocycles. The van der Waals surface area contributed by atoms with Gasteiger partial charge in [0.2, 0.25) is 5.91 Å². The molecule has 2 bridgehead atoms. The minimum atomic E-state index is -0.321. The van der Waals surface area contributed by atoms with Crippen molar-refractivity contribution in [3.05, 3.63) is 63.5 Å². The number of thioether (sulfide) groups is 1. The van der Waals surface area contributed by atoms with Crippen molar-refractivity contribution < 1.29 is 4.79 Å². The summed E-state index contributed by atoms with van der Waals surface area (Å²) in [6.07, 6.45) is 1.08. The maximum Gasteiger partial charge on any atom is 0.250 e. The summed E-state index contributed by atoms with van der Waals surface area (Å²) < 4.78 is 2.65. The number of hydrogen-bond acceptors (Lipinski definition) is 4. The lowest BCUT2D eigenvalue weighted by atomic mass is 9.83. The molecule has 29 heavy (non-hydrogen) atoms. The number of hydrogen-bond donors (Lipinski definition) is 1. The molecule has 3 heterocycles. The number of carbonyl (C=O) groups is 1. The van der Waals surface area contributed by atoms with Crippen LogP contribution >= 0.6 is 35.6 Å². The zero-order chi connectivity index (χ0) is 20.5. The van der Waals surface area contributed by atoms with Crippen LogP contribution in [0.4, 0.5) is 5.69 Å². The summed E-state index contributed by atoms with van der Waals surface area (Å²) in [7, 11) is 0. The van der Waals surface area contributed by atoms with Gasteiger partial charge in [0.1, 0.15) is 4.32 Å². The molecule has 0 aliphatic carbocycles. The van der Waals surface area contributed by atoms with Crippen molar-refractivity contribution in [3.63, 3.8) is 0 Å². The highest BCUT2D eigenvalue weighted by atomic mass is 35.5. The second-order valence-electron chi connectivity index (χ2n) is 7.63. The summed E-state index contributed by atoms with van der Waals surface area (Å²) in [5, 5.41) is 3.15. The average Bonchev–Trinajstić information content (AvgIpc) is 2.68. The van der Waals surface area contributed by atoms with Crippen molar-refractivity contribution in [2.24, 2.45) is 5.92 Å². The first kappa shape index (κ1) is 20.4. The number of likely N-dealkylation sites (tertiary alicyclic amines) is 1. The number of rotatable bonds is 3. The number of amides is 1. The second-order valence-corrected chi connectivity index (χ2v) is 10.0. The highest BCUT2D eigenvalue weighted by Gasteiger charge is 2.35. The van der Waals surface area contributed by atoms with Crippen LogP contribution in [0.25, 0.3) is 0 Å². The van der Waals surface area contributed by atoms with Crippen molar-refractivity contribution >= 4 is 51.5 Å². The molecule has 0 unspecified atom stereocenters. The number of benzene rings is 1. The van der Waals surface area contributed by atoms with Crippen LogP contribution in [0.1, 0.15) is 25.0 Å². The fraction of sp³-hybridized carbons (Fsp3) is 0.381. The summed E-state index contributed by atoms with van der Waals surface area (Å²) in [6, 6.07) is 12.6. The molecule has 3 atom stereocenters. The lowest BCUT2D eigenvalue weighted by molar-refractivity contribution is -0.115. The lowest BCUT2D eigenvalue weighted by Crippen LogP contribution is -2.48. The Bertz CT molecular complexity index is 1010. The molecule has 0 saturated carbocycles. The van der Waals surface area contributed by atoms with E-state index in [1.165, 1.54) is 11.8 Å². The molecular formula is C21H22ClN3O2S2. The largest absolute Gasteiger partial charge is 0.356 e. The van der Waals surface area contributed by atoms with E-state index in [0.29, 0.717) is 22.5 Å². The van der Waals surface area contributed by atoms with Gasteiger partial charge in [-0.05, 0) is 43.5 Å².